The third-order valence-corrected chi connectivity index (χ3v) is 9.27. The van der Waals surface area contributed by atoms with Gasteiger partial charge >= 0.3 is 0 Å². The summed E-state index contributed by atoms with van der Waals surface area (Å²) in [5, 5.41) is 1.84. The molecule has 138 valence electrons. The van der Waals surface area contributed by atoms with Crippen LogP contribution in [0.3, 0.4) is 0 Å². The maximum absolute atomic E-state index is 13.6. The van der Waals surface area contributed by atoms with E-state index in [0.717, 1.165) is 39.4 Å². The molecular weight excluding hydrogens is 442 g/mol. The molecule has 2 aliphatic rings. The number of hydrogen-bond donors (Lipinski definition) is 0. The standard InChI is InChI=1S/C21H18BrNO2S2/c22-17-9-6-16(7-10-17)21-23(12-13-26-21)27(24,25)19-11-8-15-5-4-14-2-1-3-18(19)20(14)15/h1-3,6-11,21H,4-5,12-13H2. The van der Waals surface area contributed by atoms with Crippen molar-refractivity contribution >= 4 is 48.5 Å². The Labute approximate surface area is 171 Å². The summed E-state index contributed by atoms with van der Waals surface area (Å²) in [6.45, 7) is 0.538. The number of thioether (sulfide) groups is 1. The molecule has 3 aromatic rings. The van der Waals surface area contributed by atoms with Crippen LogP contribution in [0.4, 0.5) is 0 Å². The lowest BCUT2D eigenvalue weighted by Gasteiger charge is -2.24. The predicted octanol–water partition coefficient (Wildman–Crippen LogP) is 5.14. The van der Waals surface area contributed by atoms with E-state index < -0.39 is 10.0 Å². The van der Waals surface area contributed by atoms with Crippen LogP contribution in [-0.2, 0) is 22.9 Å². The van der Waals surface area contributed by atoms with Gasteiger partial charge in [-0.3, -0.25) is 0 Å². The predicted molar refractivity (Wildman–Crippen MR) is 115 cm³/mol. The van der Waals surface area contributed by atoms with Gasteiger partial charge in [-0.15, -0.1) is 11.8 Å². The highest BCUT2D eigenvalue weighted by Gasteiger charge is 2.38. The molecule has 3 nitrogen and oxygen atoms in total. The van der Waals surface area contributed by atoms with E-state index in [1.165, 1.54) is 11.1 Å². The van der Waals surface area contributed by atoms with Crippen LogP contribution in [-0.4, -0.2) is 25.0 Å². The summed E-state index contributed by atoms with van der Waals surface area (Å²) in [5.74, 6) is 0.807. The maximum Gasteiger partial charge on any atom is 0.245 e. The van der Waals surface area contributed by atoms with Gasteiger partial charge in [-0.2, -0.15) is 4.31 Å². The Morgan fingerprint density at radius 2 is 1.70 bits per heavy atom. The van der Waals surface area contributed by atoms with Gasteiger partial charge in [0.15, 0.2) is 0 Å². The number of benzene rings is 3. The van der Waals surface area contributed by atoms with E-state index in [2.05, 4.69) is 22.0 Å². The molecule has 1 atom stereocenters. The van der Waals surface area contributed by atoms with Gasteiger partial charge in [-0.1, -0.05) is 52.3 Å². The number of sulfonamides is 1. The zero-order chi connectivity index (χ0) is 18.6. The maximum atomic E-state index is 13.6. The topological polar surface area (TPSA) is 37.4 Å². The number of halogens is 1. The molecule has 0 radical (unpaired) electrons. The first-order valence-electron chi connectivity index (χ1n) is 8.98. The van der Waals surface area contributed by atoms with E-state index >= 15 is 0 Å². The first kappa shape index (κ1) is 17.7. The summed E-state index contributed by atoms with van der Waals surface area (Å²) >= 11 is 5.14. The Morgan fingerprint density at radius 1 is 0.963 bits per heavy atom. The van der Waals surface area contributed by atoms with Crippen LogP contribution in [0.15, 0.2) is 64.0 Å². The van der Waals surface area contributed by atoms with Crippen LogP contribution in [0, 0.1) is 0 Å². The van der Waals surface area contributed by atoms with Crippen molar-refractivity contribution in [2.75, 3.05) is 12.3 Å². The smallest absolute Gasteiger partial charge is 0.207 e. The fraction of sp³-hybridized carbons (Fsp3) is 0.238. The van der Waals surface area contributed by atoms with Crippen LogP contribution in [0.1, 0.15) is 22.1 Å². The molecule has 1 heterocycles. The lowest BCUT2D eigenvalue weighted by molar-refractivity contribution is 0.435. The van der Waals surface area contributed by atoms with E-state index in [1.54, 1.807) is 16.1 Å². The lowest BCUT2D eigenvalue weighted by Crippen LogP contribution is -2.30. The summed E-state index contributed by atoms with van der Waals surface area (Å²) in [5.41, 5.74) is 3.55. The summed E-state index contributed by atoms with van der Waals surface area (Å²) < 4.78 is 30.0. The molecule has 5 rings (SSSR count). The highest BCUT2D eigenvalue weighted by atomic mass is 79.9. The van der Waals surface area contributed by atoms with Gasteiger partial charge in [0.25, 0.3) is 0 Å². The molecular formula is C21H18BrNO2S2. The molecule has 0 saturated carbocycles. The van der Waals surface area contributed by atoms with Crippen LogP contribution < -0.4 is 0 Å². The first-order valence-corrected chi connectivity index (χ1v) is 12.3. The van der Waals surface area contributed by atoms with Gasteiger partial charge in [-0.25, -0.2) is 8.42 Å². The van der Waals surface area contributed by atoms with Crippen molar-refractivity contribution in [3.05, 3.63) is 75.8 Å². The normalized spacial score (nSPS) is 19.8. The van der Waals surface area contributed by atoms with Gasteiger partial charge in [0.05, 0.1) is 10.3 Å². The second-order valence-electron chi connectivity index (χ2n) is 6.95. The minimum Gasteiger partial charge on any atom is -0.207 e. The fourth-order valence-electron chi connectivity index (χ4n) is 4.16. The quantitative estimate of drug-likeness (QED) is 0.544. The van der Waals surface area contributed by atoms with Crippen molar-refractivity contribution < 1.29 is 8.42 Å². The third-order valence-electron chi connectivity index (χ3n) is 5.43. The molecule has 0 spiro atoms. The zero-order valence-electron chi connectivity index (χ0n) is 14.6. The van der Waals surface area contributed by atoms with Crippen molar-refractivity contribution in [1.82, 2.24) is 4.31 Å². The average Bonchev–Trinajstić information content (AvgIpc) is 3.32. The van der Waals surface area contributed by atoms with Gasteiger partial charge in [0, 0.05) is 22.2 Å². The molecule has 0 amide bonds. The highest BCUT2D eigenvalue weighted by Crippen LogP contribution is 2.43. The third kappa shape index (κ3) is 2.85. The van der Waals surface area contributed by atoms with Crippen molar-refractivity contribution in [2.45, 2.75) is 23.1 Å². The van der Waals surface area contributed by atoms with Gasteiger partial charge in [-0.05, 0) is 53.1 Å². The first-order chi connectivity index (χ1) is 13.1. The molecule has 1 saturated heterocycles. The average molecular weight is 460 g/mol. The van der Waals surface area contributed by atoms with Crippen molar-refractivity contribution in [1.29, 1.82) is 0 Å². The highest BCUT2D eigenvalue weighted by molar-refractivity contribution is 9.10. The summed E-state index contributed by atoms with van der Waals surface area (Å²) in [6, 6.07) is 17.8. The molecule has 3 aromatic carbocycles. The van der Waals surface area contributed by atoms with Gasteiger partial charge in [0.1, 0.15) is 0 Å². The molecule has 6 heteroatoms. The Morgan fingerprint density at radius 3 is 2.48 bits per heavy atom. The van der Waals surface area contributed by atoms with E-state index in [9.17, 15) is 8.42 Å². The molecule has 0 bridgehead atoms. The SMILES string of the molecule is O=S(=O)(c1ccc2c3c(cccc13)CC2)N1CCSC1c1ccc(Br)cc1. The van der Waals surface area contributed by atoms with E-state index in [-0.39, 0.29) is 5.37 Å². The molecule has 0 aromatic heterocycles. The van der Waals surface area contributed by atoms with Crippen molar-refractivity contribution in [3.8, 4) is 0 Å². The molecule has 27 heavy (non-hydrogen) atoms. The number of nitrogens with zero attached hydrogens (tertiary/aromatic N) is 1. The number of hydrogen-bond acceptors (Lipinski definition) is 3. The summed E-state index contributed by atoms with van der Waals surface area (Å²) in [6.07, 6.45) is 1.99. The number of rotatable bonds is 3. The van der Waals surface area contributed by atoms with Crippen LogP contribution in [0.5, 0.6) is 0 Å². The van der Waals surface area contributed by atoms with E-state index in [1.807, 2.05) is 48.5 Å². The molecule has 1 unspecified atom stereocenters. The molecule has 1 aliphatic carbocycles. The second kappa shape index (κ2) is 6.62. The Hall–Kier alpha value is -1.34. The minimum absolute atomic E-state index is 0.175. The fourth-order valence-corrected chi connectivity index (χ4v) is 7.86. The summed E-state index contributed by atoms with van der Waals surface area (Å²) in [7, 11) is -3.58. The monoisotopic (exact) mass is 459 g/mol. The van der Waals surface area contributed by atoms with Crippen LogP contribution in [0.25, 0.3) is 10.8 Å². The zero-order valence-corrected chi connectivity index (χ0v) is 17.8. The lowest BCUT2D eigenvalue weighted by atomic mass is 10.1. The molecule has 0 N–H and O–H groups in total. The van der Waals surface area contributed by atoms with Crippen LogP contribution in [0.2, 0.25) is 0 Å². The Balaban J connectivity index is 1.63. The van der Waals surface area contributed by atoms with Gasteiger partial charge < -0.3 is 0 Å². The largest absolute Gasteiger partial charge is 0.245 e. The Kier molecular flexibility index (Phi) is 4.35. The van der Waals surface area contributed by atoms with E-state index in [4.69, 9.17) is 0 Å². The molecule has 1 aliphatic heterocycles. The van der Waals surface area contributed by atoms with Gasteiger partial charge in [0.2, 0.25) is 10.0 Å². The minimum atomic E-state index is -3.58. The van der Waals surface area contributed by atoms with Crippen molar-refractivity contribution in [2.24, 2.45) is 0 Å². The number of aryl methyl sites for hydroxylation is 2. The second-order valence-corrected chi connectivity index (χ2v) is 10.9. The molecule has 1 fully saturated rings. The van der Waals surface area contributed by atoms with Crippen molar-refractivity contribution in [3.63, 3.8) is 0 Å². The van der Waals surface area contributed by atoms with Crippen LogP contribution >= 0.6 is 27.7 Å². The summed E-state index contributed by atoms with van der Waals surface area (Å²) in [4.78, 5) is 0.439. The Bertz CT molecular complexity index is 1130. The van der Waals surface area contributed by atoms with E-state index in [0.29, 0.717) is 11.4 Å².